The third kappa shape index (κ3) is 4.09. The second-order valence-electron chi connectivity index (χ2n) is 9.26. The van der Waals surface area contributed by atoms with E-state index in [-0.39, 0.29) is 10.3 Å². The maximum absolute atomic E-state index is 13.7. The number of sulfonamides is 1. The third-order valence-electron chi connectivity index (χ3n) is 7.04. The fourth-order valence-electron chi connectivity index (χ4n) is 5.24. The monoisotopic (exact) mass is 470 g/mol. The maximum atomic E-state index is 13.7. The minimum atomic E-state index is -3.75. The largest absolute Gasteiger partial charge is 0.268 e. The molecule has 0 radical (unpaired) electrons. The van der Waals surface area contributed by atoms with Gasteiger partial charge in [-0.1, -0.05) is 73.0 Å². The highest BCUT2D eigenvalue weighted by atomic mass is 32.2. The van der Waals surface area contributed by atoms with E-state index >= 15 is 0 Å². The van der Waals surface area contributed by atoms with Crippen molar-refractivity contribution >= 4 is 27.1 Å². The molecule has 1 fully saturated rings. The Morgan fingerprint density at radius 1 is 0.912 bits per heavy atom. The Bertz CT molecular complexity index is 1330. The Morgan fingerprint density at radius 2 is 1.65 bits per heavy atom. The van der Waals surface area contributed by atoms with Gasteiger partial charge in [0, 0.05) is 17.3 Å². The first-order valence-corrected chi connectivity index (χ1v) is 13.5. The molecule has 0 bridgehead atoms. The summed E-state index contributed by atoms with van der Waals surface area (Å²) in [7, 11) is -3.75. The molecular formula is C29H30N2O2S. The molecular weight excluding hydrogens is 440 g/mol. The zero-order valence-corrected chi connectivity index (χ0v) is 20.3. The van der Waals surface area contributed by atoms with Crippen LogP contribution >= 0.6 is 0 Å². The first-order chi connectivity index (χ1) is 16.5. The summed E-state index contributed by atoms with van der Waals surface area (Å²) in [6.45, 7) is 1.95. The van der Waals surface area contributed by atoms with E-state index in [1.54, 1.807) is 18.3 Å². The molecule has 34 heavy (non-hydrogen) atoms. The average molecular weight is 471 g/mol. The molecule has 0 saturated heterocycles. The first-order valence-electron chi connectivity index (χ1n) is 12.0. The lowest BCUT2D eigenvalue weighted by atomic mass is 9.72. The molecule has 174 valence electrons. The number of nitrogens with zero attached hydrogens (tertiary/aromatic N) is 2. The van der Waals surface area contributed by atoms with Crippen molar-refractivity contribution in [3.63, 3.8) is 0 Å². The molecule has 0 N–H and O–H groups in total. The lowest BCUT2D eigenvalue weighted by Gasteiger charge is -2.30. The van der Waals surface area contributed by atoms with Crippen LogP contribution in [0.1, 0.15) is 49.7 Å². The van der Waals surface area contributed by atoms with E-state index in [2.05, 4.69) is 18.2 Å². The highest BCUT2D eigenvalue weighted by molar-refractivity contribution is 7.93. The molecule has 1 aliphatic carbocycles. The Kier molecular flexibility index (Phi) is 6.13. The summed E-state index contributed by atoms with van der Waals surface area (Å²) in [6.07, 6.45) is 10.1. The van der Waals surface area contributed by atoms with Crippen LogP contribution in [0, 0.1) is 6.92 Å². The number of allylic oxidation sites excluding steroid dienone is 1. The van der Waals surface area contributed by atoms with Crippen molar-refractivity contribution in [2.45, 2.75) is 55.8 Å². The Labute approximate surface area is 202 Å². The van der Waals surface area contributed by atoms with E-state index in [0.717, 1.165) is 43.4 Å². The van der Waals surface area contributed by atoms with Gasteiger partial charge in [-0.15, -0.1) is 0 Å². The van der Waals surface area contributed by atoms with Gasteiger partial charge in [-0.2, -0.15) is 0 Å². The summed E-state index contributed by atoms with van der Waals surface area (Å²) in [5, 5.41) is 0. The van der Waals surface area contributed by atoms with Crippen LogP contribution < -0.4 is 4.31 Å². The fourth-order valence-corrected chi connectivity index (χ4v) is 6.59. The Hall–Kier alpha value is -3.18. The molecule has 1 atom stereocenters. The smallest absolute Gasteiger partial charge is 0.257 e. The van der Waals surface area contributed by atoms with Crippen molar-refractivity contribution in [2.24, 2.45) is 4.99 Å². The zero-order valence-electron chi connectivity index (χ0n) is 19.5. The van der Waals surface area contributed by atoms with Gasteiger partial charge < -0.3 is 0 Å². The van der Waals surface area contributed by atoms with Crippen molar-refractivity contribution in [1.29, 1.82) is 0 Å². The molecule has 1 heterocycles. The summed E-state index contributed by atoms with van der Waals surface area (Å²) >= 11 is 0. The molecule has 4 nitrogen and oxygen atoms in total. The van der Waals surface area contributed by atoms with Gasteiger partial charge >= 0.3 is 0 Å². The summed E-state index contributed by atoms with van der Waals surface area (Å²) < 4.78 is 28.7. The van der Waals surface area contributed by atoms with E-state index < -0.39 is 10.0 Å². The van der Waals surface area contributed by atoms with Crippen molar-refractivity contribution in [3.05, 3.63) is 102 Å². The van der Waals surface area contributed by atoms with Crippen molar-refractivity contribution in [2.75, 3.05) is 4.31 Å². The van der Waals surface area contributed by atoms with E-state index in [9.17, 15) is 8.42 Å². The van der Waals surface area contributed by atoms with Gasteiger partial charge in [-0.05, 0) is 68.5 Å². The van der Waals surface area contributed by atoms with Crippen LogP contribution in [0.4, 0.5) is 11.4 Å². The number of para-hydroxylation sites is 2. The molecule has 5 rings (SSSR count). The average Bonchev–Trinajstić information content (AvgIpc) is 3.01. The molecule has 5 heteroatoms. The Morgan fingerprint density at radius 3 is 2.44 bits per heavy atom. The van der Waals surface area contributed by atoms with Crippen LogP contribution in [0.5, 0.6) is 0 Å². The van der Waals surface area contributed by atoms with Crippen molar-refractivity contribution in [3.8, 4) is 0 Å². The number of fused-ring (bicyclic) bond motifs is 3. The number of aryl methyl sites for hydroxylation is 1. The van der Waals surface area contributed by atoms with Crippen molar-refractivity contribution < 1.29 is 8.42 Å². The standard InChI is InChI=1S/C29H30N2O2S/c1-23-16-18-25(19-17-23)34(32,33)31(24-11-4-2-5-12-24)22-10-21-29-20-9-3-6-15-28(29)30-27-14-8-7-13-26(27)29/h2,4-5,7-8,10-14,16-19,22H,3,6,9,15,20-21H2,1H3/b22-10+/t29-/m0/s1. The highest BCUT2D eigenvalue weighted by Gasteiger charge is 2.42. The number of aliphatic imine (C=N–C) groups is 1. The molecule has 3 aromatic carbocycles. The van der Waals surface area contributed by atoms with E-state index in [0.29, 0.717) is 5.69 Å². The summed E-state index contributed by atoms with van der Waals surface area (Å²) in [6, 6.07) is 24.7. The van der Waals surface area contributed by atoms with Crippen LogP contribution in [0.15, 0.2) is 101 Å². The van der Waals surface area contributed by atoms with Gasteiger partial charge in [0.1, 0.15) is 0 Å². The predicted octanol–water partition coefficient (Wildman–Crippen LogP) is 7.08. The third-order valence-corrected chi connectivity index (χ3v) is 8.76. The number of rotatable bonds is 6. The van der Waals surface area contributed by atoms with Crippen molar-refractivity contribution in [1.82, 2.24) is 0 Å². The van der Waals surface area contributed by atoms with Crippen LogP contribution in [-0.4, -0.2) is 14.1 Å². The number of hydrogen-bond donors (Lipinski definition) is 0. The number of benzene rings is 3. The minimum Gasteiger partial charge on any atom is -0.257 e. The van der Waals surface area contributed by atoms with Crippen LogP contribution in [0.2, 0.25) is 0 Å². The van der Waals surface area contributed by atoms with Gasteiger partial charge in [0.15, 0.2) is 0 Å². The number of hydrogen-bond acceptors (Lipinski definition) is 3. The van der Waals surface area contributed by atoms with E-state index in [1.807, 2.05) is 61.5 Å². The van der Waals surface area contributed by atoms with E-state index in [1.165, 1.54) is 22.0 Å². The predicted molar refractivity (Wildman–Crippen MR) is 139 cm³/mol. The minimum absolute atomic E-state index is 0.139. The van der Waals surface area contributed by atoms with E-state index in [4.69, 9.17) is 4.99 Å². The lowest BCUT2D eigenvalue weighted by Crippen LogP contribution is -2.32. The molecule has 0 amide bonds. The SMILES string of the molecule is Cc1ccc(S(=O)(=O)N(/C=C/C[C@]23CCCCCC2=Nc2ccccc23)c2ccccc2)cc1. The van der Waals surface area contributed by atoms with Gasteiger partial charge in [0.25, 0.3) is 10.0 Å². The molecule has 2 aliphatic rings. The number of anilines is 1. The first kappa shape index (κ1) is 22.6. The van der Waals surface area contributed by atoms with Gasteiger partial charge in [-0.3, -0.25) is 4.99 Å². The molecule has 0 spiro atoms. The second kappa shape index (κ2) is 9.22. The maximum Gasteiger partial charge on any atom is 0.268 e. The van der Waals surface area contributed by atoms with Crippen LogP contribution in [-0.2, 0) is 15.4 Å². The molecule has 1 saturated carbocycles. The Balaban J connectivity index is 1.52. The lowest BCUT2D eigenvalue weighted by molar-refractivity contribution is 0.520. The summed E-state index contributed by atoms with van der Waals surface area (Å²) in [4.78, 5) is 5.30. The van der Waals surface area contributed by atoms with Gasteiger partial charge in [0.2, 0.25) is 0 Å². The molecule has 0 aromatic heterocycles. The molecule has 0 unspecified atom stereocenters. The quantitative estimate of drug-likeness (QED) is 0.386. The summed E-state index contributed by atoms with van der Waals surface area (Å²) in [5.74, 6) is 0. The van der Waals surface area contributed by atoms with Crippen LogP contribution in [0.25, 0.3) is 0 Å². The normalized spacial score (nSPS) is 19.9. The summed E-state index contributed by atoms with van der Waals surface area (Å²) in [5.41, 5.74) is 5.12. The second-order valence-corrected chi connectivity index (χ2v) is 11.1. The zero-order chi connectivity index (χ0) is 23.6. The molecule has 3 aromatic rings. The topological polar surface area (TPSA) is 49.7 Å². The van der Waals surface area contributed by atoms with Gasteiger partial charge in [-0.25, -0.2) is 12.7 Å². The fraction of sp³-hybridized carbons (Fsp3) is 0.276. The highest BCUT2D eigenvalue weighted by Crippen LogP contribution is 2.48. The molecule has 1 aliphatic heterocycles. The van der Waals surface area contributed by atoms with Gasteiger partial charge in [0.05, 0.1) is 16.3 Å². The van der Waals surface area contributed by atoms with Crippen LogP contribution in [0.3, 0.4) is 0 Å².